The van der Waals surface area contributed by atoms with Crippen molar-refractivity contribution in [1.29, 1.82) is 0 Å². The molecule has 1 atom stereocenters. The molecule has 1 aromatic carbocycles. The highest BCUT2D eigenvalue weighted by molar-refractivity contribution is 9.10. The standard InChI is InChI=1S/C13H19BrO/c1-10(2)4-3-5-13(15)11-6-8-12(14)9-7-11/h6-10,13,15H,3-5H2,1-2H3. The van der Waals surface area contributed by atoms with Gasteiger partial charge in [0.25, 0.3) is 0 Å². The van der Waals surface area contributed by atoms with Crippen LogP contribution in [-0.2, 0) is 0 Å². The highest BCUT2D eigenvalue weighted by Gasteiger charge is 2.07. The van der Waals surface area contributed by atoms with Crippen LogP contribution in [0.4, 0.5) is 0 Å². The topological polar surface area (TPSA) is 20.2 Å². The van der Waals surface area contributed by atoms with E-state index in [0.29, 0.717) is 0 Å². The molecule has 0 saturated heterocycles. The van der Waals surface area contributed by atoms with Gasteiger partial charge in [0.1, 0.15) is 0 Å². The molecule has 0 heterocycles. The molecule has 15 heavy (non-hydrogen) atoms. The van der Waals surface area contributed by atoms with Gasteiger partial charge >= 0.3 is 0 Å². The molecule has 2 heteroatoms. The number of hydrogen-bond acceptors (Lipinski definition) is 1. The Labute approximate surface area is 101 Å². The first-order valence-electron chi connectivity index (χ1n) is 5.53. The Balaban J connectivity index is 2.40. The molecule has 0 spiro atoms. The lowest BCUT2D eigenvalue weighted by molar-refractivity contribution is 0.162. The lowest BCUT2D eigenvalue weighted by Gasteiger charge is -2.11. The van der Waals surface area contributed by atoms with E-state index < -0.39 is 0 Å². The molecule has 84 valence electrons. The van der Waals surface area contributed by atoms with Crippen molar-refractivity contribution >= 4 is 15.9 Å². The lowest BCUT2D eigenvalue weighted by atomic mass is 10.0. The molecular formula is C13H19BrO. The van der Waals surface area contributed by atoms with Gasteiger partial charge in [-0.2, -0.15) is 0 Å². The van der Waals surface area contributed by atoms with Gasteiger partial charge in [-0.3, -0.25) is 0 Å². The lowest BCUT2D eigenvalue weighted by Crippen LogP contribution is -1.98. The normalized spacial score (nSPS) is 13.1. The molecule has 1 aromatic rings. The number of aliphatic hydroxyl groups excluding tert-OH is 1. The Kier molecular flexibility index (Phi) is 5.34. The third kappa shape index (κ3) is 4.80. The van der Waals surface area contributed by atoms with Gasteiger partial charge < -0.3 is 5.11 Å². The fraction of sp³-hybridized carbons (Fsp3) is 0.538. The molecule has 1 N–H and O–H groups in total. The quantitative estimate of drug-likeness (QED) is 0.846. The Morgan fingerprint density at radius 3 is 2.27 bits per heavy atom. The SMILES string of the molecule is CC(C)CCCC(O)c1ccc(Br)cc1. The third-order valence-electron chi connectivity index (χ3n) is 2.51. The molecule has 0 aliphatic rings. The Bertz CT molecular complexity index is 279. The molecule has 0 radical (unpaired) electrons. The van der Waals surface area contributed by atoms with Crippen LogP contribution in [-0.4, -0.2) is 5.11 Å². The summed E-state index contributed by atoms with van der Waals surface area (Å²) in [4.78, 5) is 0. The van der Waals surface area contributed by atoms with Gasteiger partial charge in [-0.1, -0.05) is 54.8 Å². The second-order valence-electron chi connectivity index (χ2n) is 4.39. The summed E-state index contributed by atoms with van der Waals surface area (Å²) in [5.74, 6) is 0.724. The second-order valence-corrected chi connectivity index (χ2v) is 5.31. The largest absolute Gasteiger partial charge is 0.388 e. The van der Waals surface area contributed by atoms with Crippen molar-refractivity contribution in [3.63, 3.8) is 0 Å². The minimum absolute atomic E-state index is 0.308. The van der Waals surface area contributed by atoms with Crippen molar-refractivity contribution in [2.75, 3.05) is 0 Å². The zero-order chi connectivity index (χ0) is 11.3. The van der Waals surface area contributed by atoms with Crippen molar-refractivity contribution in [3.8, 4) is 0 Å². The summed E-state index contributed by atoms with van der Waals surface area (Å²) in [5.41, 5.74) is 1.02. The fourth-order valence-electron chi connectivity index (χ4n) is 1.57. The van der Waals surface area contributed by atoms with Crippen molar-refractivity contribution in [3.05, 3.63) is 34.3 Å². The smallest absolute Gasteiger partial charge is 0.0790 e. The van der Waals surface area contributed by atoms with Crippen LogP contribution in [0.15, 0.2) is 28.7 Å². The summed E-state index contributed by atoms with van der Waals surface area (Å²) in [6.07, 6.45) is 2.83. The molecule has 0 bridgehead atoms. The van der Waals surface area contributed by atoms with Crippen LogP contribution in [0.3, 0.4) is 0 Å². The number of aliphatic hydroxyl groups is 1. The predicted molar refractivity (Wildman–Crippen MR) is 67.8 cm³/mol. The molecular weight excluding hydrogens is 252 g/mol. The molecule has 0 fully saturated rings. The summed E-state index contributed by atoms with van der Waals surface area (Å²) in [5, 5.41) is 9.91. The molecule has 0 amide bonds. The summed E-state index contributed by atoms with van der Waals surface area (Å²) < 4.78 is 1.06. The molecule has 0 aliphatic heterocycles. The van der Waals surface area contributed by atoms with Crippen molar-refractivity contribution in [1.82, 2.24) is 0 Å². The van der Waals surface area contributed by atoms with Gasteiger partial charge in [0.05, 0.1) is 6.10 Å². The zero-order valence-corrected chi connectivity index (χ0v) is 11.0. The first-order valence-corrected chi connectivity index (χ1v) is 6.32. The van der Waals surface area contributed by atoms with E-state index in [4.69, 9.17) is 0 Å². The molecule has 0 aromatic heterocycles. The van der Waals surface area contributed by atoms with Crippen LogP contribution in [0.25, 0.3) is 0 Å². The van der Waals surface area contributed by atoms with E-state index in [-0.39, 0.29) is 6.10 Å². The van der Waals surface area contributed by atoms with E-state index in [9.17, 15) is 5.11 Å². The van der Waals surface area contributed by atoms with Crippen LogP contribution in [0.1, 0.15) is 44.8 Å². The number of halogens is 1. The maximum absolute atomic E-state index is 9.91. The van der Waals surface area contributed by atoms with E-state index in [1.165, 1.54) is 6.42 Å². The van der Waals surface area contributed by atoms with E-state index in [0.717, 1.165) is 28.8 Å². The molecule has 0 aliphatic carbocycles. The summed E-state index contributed by atoms with van der Waals surface area (Å²) >= 11 is 3.38. The number of hydrogen-bond donors (Lipinski definition) is 1. The Morgan fingerprint density at radius 2 is 1.73 bits per heavy atom. The van der Waals surface area contributed by atoms with Crippen molar-refractivity contribution in [2.24, 2.45) is 5.92 Å². The van der Waals surface area contributed by atoms with Crippen molar-refractivity contribution < 1.29 is 5.11 Å². The third-order valence-corrected chi connectivity index (χ3v) is 3.04. The summed E-state index contributed by atoms with van der Waals surface area (Å²) in [6.45, 7) is 4.43. The van der Waals surface area contributed by atoms with Crippen LogP contribution < -0.4 is 0 Å². The number of benzene rings is 1. The maximum atomic E-state index is 9.91. The van der Waals surface area contributed by atoms with Gasteiger partial charge in [0, 0.05) is 4.47 Å². The predicted octanol–water partition coefficient (Wildman–Crippen LogP) is 4.31. The Hall–Kier alpha value is -0.340. The van der Waals surface area contributed by atoms with Crippen molar-refractivity contribution in [2.45, 2.75) is 39.2 Å². The molecule has 1 unspecified atom stereocenters. The molecule has 0 saturated carbocycles. The average Bonchev–Trinajstić information content (AvgIpc) is 2.18. The molecule has 1 nitrogen and oxygen atoms in total. The highest BCUT2D eigenvalue weighted by atomic mass is 79.9. The average molecular weight is 271 g/mol. The first kappa shape index (κ1) is 12.7. The highest BCUT2D eigenvalue weighted by Crippen LogP contribution is 2.22. The monoisotopic (exact) mass is 270 g/mol. The Morgan fingerprint density at radius 1 is 1.13 bits per heavy atom. The second kappa shape index (κ2) is 6.29. The van der Waals surface area contributed by atoms with Gasteiger partial charge in [0.15, 0.2) is 0 Å². The van der Waals surface area contributed by atoms with E-state index >= 15 is 0 Å². The van der Waals surface area contributed by atoms with E-state index in [1.54, 1.807) is 0 Å². The fourth-order valence-corrected chi connectivity index (χ4v) is 1.84. The van der Waals surface area contributed by atoms with Crippen LogP contribution >= 0.6 is 15.9 Å². The maximum Gasteiger partial charge on any atom is 0.0790 e. The van der Waals surface area contributed by atoms with E-state index in [2.05, 4.69) is 29.8 Å². The van der Waals surface area contributed by atoms with Gasteiger partial charge in [-0.25, -0.2) is 0 Å². The summed E-state index contributed by atoms with van der Waals surface area (Å²) in [7, 11) is 0. The van der Waals surface area contributed by atoms with Gasteiger partial charge in [-0.15, -0.1) is 0 Å². The van der Waals surface area contributed by atoms with E-state index in [1.807, 2.05) is 24.3 Å². The first-order chi connectivity index (χ1) is 7.09. The molecule has 1 rings (SSSR count). The zero-order valence-electron chi connectivity index (χ0n) is 9.41. The minimum atomic E-state index is -0.308. The van der Waals surface area contributed by atoms with Gasteiger partial charge in [0.2, 0.25) is 0 Å². The number of rotatable bonds is 5. The van der Waals surface area contributed by atoms with Gasteiger partial charge in [-0.05, 0) is 30.0 Å². The van der Waals surface area contributed by atoms with Crippen LogP contribution in [0, 0.1) is 5.92 Å². The van der Waals surface area contributed by atoms with Crippen LogP contribution in [0.2, 0.25) is 0 Å². The van der Waals surface area contributed by atoms with Crippen LogP contribution in [0.5, 0.6) is 0 Å². The minimum Gasteiger partial charge on any atom is -0.388 e. The summed E-state index contributed by atoms with van der Waals surface area (Å²) in [6, 6.07) is 7.90.